The van der Waals surface area contributed by atoms with Crippen molar-refractivity contribution in [1.82, 2.24) is 4.90 Å². The molecule has 0 radical (unpaired) electrons. The molecule has 1 aromatic carbocycles. The molecule has 3 nitrogen and oxygen atoms in total. The molecule has 1 aliphatic heterocycles. The van der Waals surface area contributed by atoms with Gasteiger partial charge in [0, 0.05) is 11.7 Å². The Kier molecular flexibility index (Phi) is 4.48. The van der Waals surface area contributed by atoms with E-state index in [0.717, 1.165) is 37.6 Å². The number of rotatable bonds is 5. The van der Waals surface area contributed by atoms with Crippen LogP contribution in [0.1, 0.15) is 32.3 Å². The lowest BCUT2D eigenvalue weighted by atomic mass is 10.0. The van der Waals surface area contributed by atoms with Gasteiger partial charge in [-0.05, 0) is 56.1 Å². The van der Waals surface area contributed by atoms with Crippen LogP contribution in [0.5, 0.6) is 5.75 Å². The Labute approximate surface area is 110 Å². The molecule has 0 saturated carbocycles. The highest BCUT2D eigenvalue weighted by Crippen LogP contribution is 2.28. The van der Waals surface area contributed by atoms with Crippen molar-refractivity contribution < 1.29 is 4.74 Å². The molecule has 18 heavy (non-hydrogen) atoms. The average molecular weight is 248 g/mol. The Morgan fingerprint density at radius 2 is 2.00 bits per heavy atom. The van der Waals surface area contributed by atoms with Crippen LogP contribution >= 0.6 is 0 Å². The van der Waals surface area contributed by atoms with Gasteiger partial charge < -0.3 is 10.5 Å². The molecule has 1 aromatic rings. The molecule has 2 rings (SSSR count). The van der Waals surface area contributed by atoms with Crippen LogP contribution in [-0.2, 0) is 6.42 Å². The highest BCUT2D eigenvalue weighted by Gasteiger charge is 2.24. The highest BCUT2D eigenvalue weighted by molar-refractivity contribution is 5.48. The van der Waals surface area contributed by atoms with E-state index >= 15 is 0 Å². The number of hydrogen-bond donors (Lipinski definition) is 1. The summed E-state index contributed by atoms with van der Waals surface area (Å²) < 4.78 is 5.87. The molecule has 0 amide bonds. The molecule has 0 saturated heterocycles. The topological polar surface area (TPSA) is 38.5 Å². The fourth-order valence-corrected chi connectivity index (χ4v) is 2.68. The number of fused-ring (bicyclic) bond motifs is 1. The van der Waals surface area contributed by atoms with Crippen LogP contribution in [-0.4, -0.2) is 30.6 Å². The minimum Gasteiger partial charge on any atom is -0.492 e. The Morgan fingerprint density at radius 1 is 1.28 bits per heavy atom. The SMILES string of the molecule is CCCN(CCC)[C@@H]1COc2ccc(N)cc2C1. The molecule has 0 bridgehead atoms. The predicted molar refractivity (Wildman–Crippen MR) is 76.0 cm³/mol. The molecule has 1 aliphatic rings. The van der Waals surface area contributed by atoms with Gasteiger partial charge in [-0.15, -0.1) is 0 Å². The normalized spacial score (nSPS) is 18.5. The molecule has 0 fully saturated rings. The van der Waals surface area contributed by atoms with Gasteiger partial charge in [-0.25, -0.2) is 0 Å². The summed E-state index contributed by atoms with van der Waals surface area (Å²) in [6, 6.07) is 6.46. The van der Waals surface area contributed by atoms with Crippen molar-refractivity contribution in [1.29, 1.82) is 0 Å². The van der Waals surface area contributed by atoms with Crippen molar-refractivity contribution in [2.45, 2.75) is 39.2 Å². The molecule has 0 aliphatic carbocycles. The lowest BCUT2D eigenvalue weighted by Crippen LogP contribution is -2.44. The van der Waals surface area contributed by atoms with E-state index in [1.165, 1.54) is 18.4 Å². The van der Waals surface area contributed by atoms with Gasteiger partial charge in [-0.3, -0.25) is 4.90 Å². The Balaban J connectivity index is 2.09. The summed E-state index contributed by atoms with van der Waals surface area (Å²) in [7, 11) is 0. The van der Waals surface area contributed by atoms with Crippen LogP contribution in [0, 0.1) is 0 Å². The monoisotopic (exact) mass is 248 g/mol. The van der Waals surface area contributed by atoms with Crippen molar-refractivity contribution in [3.63, 3.8) is 0 Å². The van der Waals surface area contributed by atoms with E-state index in [2.05, 4.69) is 24.8 Å². The van der Waals surface area contributed by atoms with Gasteiger partial charge in [0.25, 0.3) is 0 Å². The number of nitrogens with two attached hydrogens (primary N) is 1. The maximum absolute atomic E-state index is 5.87. The van der Waals surface area contributed by atoms with E-state index in [1.807, 2.05) is 12.1 Å². The number of nitrogen functional groups attached to an aromatic ring is 1. The van der Waals surface area contributed by atoms with Crippen molar-refractivity contribution in [3.8, 4) is 5.75 Å². The van der Waals surface area contributed by atoms with Crippen LogP contribution in [0.25, 0.3) is 0 Å². The zero-order chi connectivity index (χ0) is 13.0. The van der Waals surface area contributed by atoms with Crippen LogP contribution in [0.3, 0.4) is 0 Å². The lowest BCUT2D eigenvalue weighted by Gasteiger charge is -2.34. The summed E-state index contributed by atoms with van der Waals surface area (Å²) in [5.41, 5.74) is 7.93. The molecule has 0 aromatic heterocycles. The van der Waals surface area contributed by atoms with Crippen LogP contribution in [0.2, 0.25) is 0 Å². The standard InChI is InChI=1S/C15H24N2O/c1-3-7-17(8-4-2)14-10-12-9-13(16)5-6-15(12)18-11-14/h5-6,9,14H,3-4,7-8,10-11,16H2,1-2H3/t14-/m0/s1. The third kappa shape index (κ3) is 2.96. The minimum absolute atomic E-state index is 0.499. The molecule has 100 valence electrons. The largest absolute Gasteiger partial charge is 0.492 e. The van der Waals surface area contributed by atoms with Gasteiger partial charge in [0.05, 0.1) is 0 Å². The molecular weight excluding hydrogens is 224 g/mol. The smallest absolute Gasteiger partial charge is 0.122 e. The van der Waals surface area contributed by atoms with Gasteiger partial charge >= 0.3 is 0 Å². The molecule has 1 atom stereocenters. The summed E-state index contributed by atoms with van der Waals surface area (Å²) in [6.45, 7) is 7.58. The van der Waals surface area contributed by atoms with Gasteiger partial charge in [0.15, 0.2) is 0 Å². The number of nitrogens with zero attached hydrogens (tertiary/aromatic N) is 1. The Morgan fingerprint density at radius 3 is 2.67 bits per heavy atom. The van der Waals surface area contributed by atoms with Crippen LogP contribution in [0.4, 0.5) is 5.69 Å². The van der Waals surface area contributed by atoms with Crippen molar-refractivity contribution >= 4 is 5.69 Å². The minimum atomic E-state index is 0.499. The summed E-state index contributed by atoms with van der Waals surface area (Å²) in [6.07, 6.45) is 3.45. The van der Waals surface area contributed by atoms with Gasteiger partial charge in [-0.1, -0.05) is 13.8 Å². The second kappa shape index (κ2) is 6.10. The predicted octanol–water partition coefficient (Wildman–Crippen LogP) is 2.69. The fraction of sp³-hybridized carbons (Fsp3) is 0.600. The number of benzene rings is 1. The van der Waals surface area contributed by atoms with E-state index in [4.69, 9.17) is 10.5 Å². The maximum Gasteiger partial charge on any atom is 0.122 e. The fourth-order valence-electron chi connectivity index (χ4n) is 2.68. The molecule has 0 spiro atoms. The van der Waals surface area contributed by atoms with E-state index < -0.39 is 0 Å². The van der Waals surface area contributed by atoms with Crippen molar-refractivity contribution in [3.05, 3.63) is 23.8 Å². The molecule has 2 N–H and O–H groups in total. The first kappa shape index (κ1) is 13.2. The zero-order valence-corrected chi connectivity index (χ0v) is 11.5. The summed E-state index contributed by atoms with van der Waals surface area (Å²) in [5, 5.41) is 0. The summed E-state index contributed by atoms with van der Waals surface area (Å²) in [5.74, 6) is 1.01. The second-order valence-corrected chi connectivity index (χ2v) is 5.07. The third-order valence-electron chi connectivity index (χ3n) is 3.51. The summed E-state index contributed by atoms with van der Waals surface area (Å²) in [4.78, 5) is 2.55. The van der Waals surface area contributed by atoms with Crippen LogP contribution in [0.15, 0.2) is 18.2 Å². The third-order valence-corrected chi connectivity index (χ3v) is 3.51. The number of hydrogen-bond acceptors (Lipinski definition) is 3. The number of anilines is 1. The average Bonchev–Trinajstić information content (AvgIpc) is 2.37. The van der Waals surface area contributed by atoms with E-state index in [-0.39, 0.29) is 0 Å². The van der Waals surface area contributed by atoms with Crippen LogP contribution < -0.4 is 10.5 Å². The van der Waals surface area contributed by atoms with Crippen molar-refractivity contribution in [2.24, 2.45) is 0 Å². The molecule has 1 heterocycles. The van der Waals surface area contributed by atoms with E-state index in [9.17, 15) is 0 Å². The zero-order valence-electron chi connectivity index (χ0n) is 11.5. The lowest BCUT2D eigenvalue weighted by molar-refractivity contribution is 0.119. The number of ether oxygens (including phenoxy) is 1. The Hall–Kier alpha value is -1.22. The molecular formula is C15H24N2O. The highest BCUT2D eigenvalue weighted by atomic mass is 16.5. The maximum atomic E-state index is 5.87. The molecule has 0 unspecified atom stereocenters. The van der Waals surface area contributed by atoms with Gasteiger partial charge in [-0.2, -0.15) is 0 Å². The molecule has 3 heteroatoms. The first-order valence-electron chi connectivity index (χ1n) is 6.99. The first-order chi connectivity index (χ1) is 8.74. The Bertz CT molecular complexity index is 386. The second-order valence-electron chi connectivity index (χ2n) is 5.07. The van der Waals surface area contributed by atoms with Gasteiger partial charge in [0.2, 0.25) is 0 Å². The van der Waals surface area contributed by atoms with Crippen molar-refractivity contribution in [2.75, 3.05) is 25.4 Å². The van der Waals surface area contributed by atoms with E-state index in [0.29, 0.717) is 6.04 Å². The quantitative estimate of drug-likeness (QED) is 0.814. The van der Waals surface area contributed by atoms with Gasteiger partial charge in [0.1, 0.15) is 12.4 Å². The summed E-state index contributed by atoms with van der Waals surface area (Å²) >= 11 is 0. The van der Waals surface area contributed by atoms with E-state index in [1.54, 1.807) is 0 Å². The first-order valence-corrected chi connectivity index (χ1v) is 6.99.